The van der Waals surface area contributed by atoms with E-state index in [4.69, 9.17) is 9.15 Å². The Morgan fingerprint density at radius 3 is 2.50 bits per heavy atom. The molecule has 13 heteroatoms. The molecule has 0 unspecified atom stereocenters. The van der Waals surface area contributed by atoms with Gasteiger partial charge in [-0.15, -0.1) is 0 Å². The van der Waals surface area contributed by atoms with Crippen LogP contribution in [0.2, 0.25) is 0 Å². The lowest BCUT2D eigenvalue weighted by atomic mass is 10.3. The van der Waals surface area contributed by atoms with Crippen LogP contribution in [0.25, 0.3) is 5.69 Å². The number of ether oxygens (including phenoxy) is 1. The van der Waals surface area contributed by atoms with Crippen LogP contribution in [-0.2, 0) is 11.3 Å². The molecule has 0 spiro atoms. The standard InChI is InChI=1S/C23H19F4N5O4/c1-2-35-23(34)15-11-28-32(13-6-4-3-5-7-13)21(15)29-22(33)18-9-8-14(36-18)12-31-17(20(26)27)10-16(30-31)19(24)25/h3-11,19-20H,2,12H2,1H3,(H,29,33). The van der Waals surface area contributed by atoms with Crippen LogP contribution in [0.1, 0.15) is 57.8 Å². The maximum absolute atomic E-state index is 13.2. The Kier molecular flexibility index (Phi) is 7.17. The van der Waals surface area contributed by atoms with Crippen molar-refractivity contribution in [1.82, 2.24) is 19.6 Å². The van der Waals surface area contributed by atoms with Crippen LogP contribution in [0.3, 0.4) is 0 Å². The number of para-hydroxylation sites is 1. The molecule has 188 valence electrons. The smallest absolute Gasteiger partial charge is 0.343 e. The van der Waals surface area contributed by atoms with Crippen molar-refractivity contribution in [2.45, 2.75) is 26.3 Å². The van der Waals surface area contributed by atoms with Gasteiger partial charge in [0.25, 0.3) is 18.8 Å². The van der Waals surface area contributed by atoms with Gasteiger partial charge < -0.3 is 14.5 Å². The fourth-order valence-corrected chi connectivity index (χ4v) is 3.35. The fourth-order valence-electron chi connectivity index (χ4n) is 3.35. The average Bonchev–Trinajstić information content (AvgIpc) is 3.59. The highest BCUT2D eigenvalue weighted by molar-refractivity contribution is 6.06. The Balaban J connectivity index is 1.59. The zero-order valence-corrected chi connectivity index (χ0v) is 18.7. The molecule has 0 atom stereocenters. The molecular formula is C23H19F4N5O4. The minimum absolute atomic E-state index is 0.00141. The van der Waals surface area contributed by atoms with E-state index in [-0.39, 0.29) is 29.5 Å². The van der Waals surface area contributed by atoms with Crippen molar-refractivity contribution in [2.75, 3.05) is 11.9 Å². The van der Waals surface area contributed by atoms with Crippen molar-refractivity contribution in [3.8, 4) is 5.69 Å². The Hall–Kier alpha value is -4.42. The number of alkyl halides is 4. The Bertz CT molecular complexity index is 1360. The molecule has 1 amide bonds. The highest BCUT2D eigenvalue weighted by atomic mass is 19.3. The van der Waals surface area contributed by atoms with E-state index in [1.54, 1.807) is 37.3 Å². The second-order valence-electron chi connectivity index (χ2n) is 7.35. The predicted octanol–water partition coefficient (Wildman–Crippen LogP) is 5.01. The number of amides is 1. The van der Waals surface area contributed by atoms with E-state index < -0.39 is 42.7 Å². The minimum atomic E-state index is -3.04. The summed E-state index contributed by atoms with van der Waals surface area (Å²) in [6, 6.07) is 11.9. The number of furan rings is 1. The molecule has 0 aliphatic carbocycles. The highest BCUT2D eigenvalue weighted by Crippen LogP contribution is 2.26. The number of carbonyl (C=O) groups is 2. The van der Waals surface area contributed by atoms with Crippen molar-refractivity contribution >= 4 is 17.7 Å². The molecule has 0 radical (unpaired) electrons. The van der Waals surface area contributed by atoms with E-state index in [0.29, 0.717) is 16.4 Å². The van der Waals surface area contributed by atoms with Gasteiger partial charge in [-0.25, -0.2) is 27.0 Å². The monoisotopic (exact) mass is 505 g/mol. The lowest BCUT2D eigenvalue weighted by molar-refractivity contribution is 0.0527. The van der Waals surface area contributed by atoms with Crippen LogP contribution in [0, 0.1) is 0 Å². The Labute approximate surface area is 201 Å². The molecule has 3 heterocycles. The summed E-state index contributed by atoms with van der Waals surface area (Å²) < 4.78 is 64.8. The zero-order valence-electron chi connectivity index (χ0n) is 18.7. The Morgan fingerprint density at radius 1 is 1.08 bits per heavy atom. The van der Waals surface area contributed by atoms with Gasteiger partial charge in [-0.3, -0.25) is 9.48 Å². The molecule has 0 saturated heterocycles. The number of carbonyl (C=O) groups excluding carboxylic acids is 2. The lowest BCUT2D eigenvalue weighted by Crippen LogP contribution is -2.17. The molecule has 4 aromatic rings. The quantitative estimate of drug-likeness (QED) is 0.253. The maximum Gasteiger partial charge on any atom is 0.343 e. The molecule has 36 heavy (non-hydrogen) atoms. The summed E-state index contributed by atoms with van der Waals surface area (Å²) in [5, 5.41) is 10.2. The van der Waals surface area contributed by atoms with E-state index in [1.807, 2.05) is 0 Å². The SMILES string of the molecule is CCOC(=O)c1cnn(-c2ccccc2)c1NC(=O)c1ccc(Cn2nc(C(F)F)cc2C(F)F)o1. The summed E-state index contributed by atoms with van der Waals surface area (Å²) in [7, 11) is 0. The van der Waals surface area contributed by atoms with Crippen molar-refractivity contribution in [3.05, 3.63) is 83.2 Å². The van der Waals surface area contributed by atoms with Gasteiger partial charge in [0.15, 0.2) is 11.6 Å². The number of rotatable bonds is 9. The van der Waals surface area contributed by atoms with Gasteiger partial charge in [0, 0.05) is 0 Å². The third-order valence-electron chi connectivity index (χ3n) is 4.97. The van der Waals surface area contributed by atoms with Crippen LogP contribution in [-0.4, -0.2) is 38.0 Å². The first-order valence-corrected chi connectivity index (χ1v) is 10.6. The van der Waals surface area contributed by atoms with Gasteiger partial charge >= 0.3 is 5.97 Å². The molecule has 1 N–H and O–H groups in total. The van der Waals surface area contributed by atoms with Gasteiger partial charge in [-0.2, -0.15) is 10.2 Å². The zero-order chi connectivity index (χ0) is 25.8. The second-order valence-corrected chi connectivity index (χ2v) is 7.35. The molecule has 0 aliphatic heterocycles. The number of hydrogen-bond acceptors (Lipinski definition) is 6. The molecule has 0 aliphatic rings. The summed E-state index contributed by atoms with van der Waals surface area (Å²) in [4.78, 5) is 25.3. The second kappa shape index (κ2) is 10.5. The first-order chi connectivity index (χ1) is 17.3. The average molecular weight is 505 g/mol. The number of halogens is 4. The first kappa shape index (κ1) is 24.7. The molecule has 0 bridgehead atoms. The topological polar surface area (TPSA) is 104 Å². The van der Waals surface area contributed by atoms with Crippen molar-refractivity contribution in [3.63, 3.8) is 0 Å². The summed E-state index contributed by atoms with van der Waals surface area (Å²) in [6.45, 7) is 1.33. The normalized spacial score (nSPS) is 11.3. The van der Waals surface area contributed by atoms with Crippen LogP contribution in [0.15, 0.2) is 59.1 Å². The van der Waals surface area contributed by atoms with Crippen LogP contribution >= 0.6 is 0 Å². The highest BCUT2D eigenvalue weighted by Gasteiger charge is 2.25. The first-order valence-electron chi connectivity index (χ1n) is 10.6. The molecule has 0 fully saturated rings. The number of aromatic nitrogens is 4. The van der Waals surface area contributed by atoms with E-state index >= 15 is 0 Å². The van der Waals surface area contributed by atoms with Gasteiger partial charge in [0.05, 0.1) is 25.0 Å². The number of nitrogens with one attached hydrogen (secondary N) is 1. The van der Waals surface area contributed by atoms with Gasteiger partial charge in [-0.1, -0.05) is 18.2 Å². The fraction of sp³-hybridized carbons (Fsp3) is 0.217. The molecule has 1 aromatic carbocycles. The Morgan fingerprint density at radius 2 is 1.83 bits per heavy atom. The number of anilines is 1. The number of esters is 1. The number of benzene rings is 1. The largest absolute Gasteiger partial charge is 0.462 e. The lowest BCUT2D eigenvalue weighted by Gasteiger charge is -2.10. The third kappa shape index (κ3) is 5.14. The maximum atomic E-state index is 13.2. The summed E-state index contributed by atoms with van der Waals surface area (Å²) in [5.74, 6) is -1.65. The van der Waals surface area contributed by atoms with Crippen molar-refractivity contribution in [2.24, 2.45) is 0 Å². The van der Waals surface area contributed by atoms with E-state index in [1.165, 1.54) is 23.0 Å². The summed E-state index contributed by atoms with van der Waals surface area (Å²) >= 11 is 0. The summed E-state index contributed by atoms with van der Waals surface area (Å²) in [5.41, 5.74) is -0.955. The van der Waals surface area contributed by atoms with Gasteiger partial charge in [-0.05, 0) is 37.3 Å². The molecule has 0 saturated carbocycles. The van der Waals surface area contributed by atoms with Crippen LogP contribution in [0.4, 0.5) is 23.4 Å². The van der Waals surface area contributed by atoms with E-state index in [2.05, 4.69) is 15.5 Å². The minimum Gasteiger partial charge on any atom is -0.462 e. The van der Waals surface area contributed by atoms with Crippen molar-refractivity contribution in [1.29, 1.82) is 0 Å². The molecule has 4 rings (SSSR count). The predicted molar refractivity (Wildman–Crippen MR) is 117 cm³/mol. The van der Waals surface area contributed by atoms with E-state index in [0.717, 1.165) is 0 Å². The number of hydrogen-bond donors (Lipinski definition) is 1. The summed E-state index contributed by atoms with van der Waals surface area (Å²) in [6.07, 6.45) is -4.81. The number of nitrogens with zero attached hydrogens (tertiary/aromatic N) is 4. The molecule has 3 aromatic heterocycles. The van der Waals surface area contributed by atoms with Crippen molar-refractivity contribution < 1.29 is 36.3 Å². The van der Waals surface area contributed by atoms with Gasteiger partial charge in [0.2, 0.25) is 0 Å². The molecule has 9 nitrogen and oxygen atoms in total. The van der Waals surface area contributed by atoms with Crippen LogP contribution < -0.4 is 5.32 Å². The van der Waals surface area contributed by atoms with Crippen LogP contribution in [0.5, 0.6) is 0 Å². The van der Waals surface area contributed by atoms with Gasteiger partial charge in [0.1, 0.15) is 22.7 Å². The molecular weight excluding hydrogens is 486 g/mol. The third-order valence-corrected chi connectivity index (χ3v) is 4.97. The van der Waals surface area contributed by atoms with E-state index in [9.17, 15) is 27.2 Å².